The van der Waals surface area contributed by atoms with Gasteiger partial charge in [0.1, 0.15) is 58.4 Å². The van der Waals surface area contributed by atoms with Crippen molar-refractivity contribution in [2.45, 2.75) is 88.6 Å². The molecular formula is C82H74F2N18O9. The van der Waals surface area contributed by atoms with Gasteiger partial charge in [-0.25, -0.2) is 42.5 Å². The van der Waals surface area contributed by atoms with Gasteiger partial charge in [-0.15, -0.1) is 10.2 Å². The van der Waals surface area contributed by atoms with E-state index in [1.54, 1.807) is 65.7 Å². The number of nitrogens with zero attached hydrogens (tertiary/aromatic N) is 15. The second kappa shape index (κ2) is 31.1. The Kier molecular flexibility index (Phi) is 20.2. The molecule has 6 fully saturated rings. The van der Waals surface area contributed by atoms with Crippen molar-refractivity contribution in [3.63, 3.8) is 0 Å². The largest absolute Gasteiger partial charge is 0.472 e. The Balaban J connectivity index is 0.000000141. The number of anilines is 4. The fourth-order valence-corrected chi connectivity index (χ4v) is 15.7. The Labute approximate surface area is 635 Å². The Morgan fingerprint density at radius 3 is 1.41 bits per heavy atom. The van der Waals surface area contributed by atoms with Crippen LogP contribution in [0, 0.1) is 35.3 Å². The third kappa shape index (κ3) is 15.2. The molecule has 6 saturated heterocycles. The average Bonchev–Trinajstić information content (AvgIpc) is 1.65. The van der Waals surface area contributed by atoms with Crippen molar-refractivity contribution in [3.8, 4) is 46.5 Å². The number of rotatable bonds is 10. The lowest BCUT2D eigenvalue weighted by Gasteiger charge is -2.34. The molecule has 14 heterocycles. The van der Waals surface area contributed by atoms with Crippen LogP contribution in [-0.4, -0.2) is 184 Å². The van der Waals surface area contributed by atoms with E-state index in [4.69, 9.17) is 25.3 Å². The molecule has 27 nitrogen and oxygen atoms in total. The Morgan fingerprint density at radius 1 is 0.468 bits per heavy atom. The average molecular weight is 1490 g/mol. The maximum Gasteiger partial charge on any atom is 0.382 e. The third-order valence-corrected chi connectivity index (χ3v) is 21.3. The van der Waals surface area contributed by atoms with Gasteiger partial charge in [-0.2, -0.15) is 0 Å². The monoisotopic (exact) mass is 1490 g/mol. The van der Waals surface area contributed by atoms with E-state index in [1.807, 2.05) is 87.9 Å². The number of carboxylic acid groups (broad SMARTS) is 1. The molecule has 6 aromatic heterocycles. The van der Waals surface area contributed by atoms with Crippen LogP contribution >= 0.6 is 0 Å². The van der Waals surface area contributed by atoms with Crippen molar-refractivity contribution in [1.82, 2.24) is 69.8 Å². The lowest BCUT2D eigenvalue weighted by Crippen LogP contribution is -2.52. The quantitative estimate of drug-likeness (QED) is 0.0771. The maximum atomic E-state index is 14.1. The van der Waals surface area contributed by atoms with Crippen molar-refractivity contribution in [3.05, 3.63) is 214 Å². The van der Waals surface area contributed by atoms with E-state index in [2.05, 4.69) is 69.3 Å². The van der Waals surface area contributed by atoms with E-state index in [0.717, 1.165) is 139 Å². The first-order valence-electron chi connectivity index (χ1n) is 37.0. The van der Waals surface area contributed by atoms with Crippen LogP contribution in [0.5, 0.6) is 0 Å². The molecule has 10 aromatic rings. The SMILES string of the molecule is Fc1cccc([C@H]2CCCN2c2ccc3ncc(-c4cccc(N5CCNCC5)n4)n3n2)c1.O=C(O)C#Cc1ccc2c(c1)C(=O)N(C1CCC(=O)NC1=O)C2.O=C1CCC(N2Cc3ccc(C#CC(=O)N4CCN(c5cccc(-c6cnc7ccc(N8CCC[C@@H]8c8cccc(F)c8)nn67)n5)CC4)cc3C2=O)C(=O)N1. The number of fused-ring (bicyclic) bond motifs is 4. The molecule has 0 aliphatic carbocycles. The highest BCUT2D eigenvalue weighted by molar-refractivity contribution is 6.07. The summed E-state index contributed by atoms with van der Waals surface area (Å²) in [6, 6.07) is 42.4. The Morgan fingerprint density at radius 2 is 0.937 bits per heavy atom. The summed E-state index contributed by atoms with van der Waals surface area (Å²) < 4.78 is 31.6. The zero-order valence-electron chi connectivity index (χ0n) is 60.1. The number of amides is 7. The number of imidazole rings is 2. The van der Waals surface area contributed by atoms with E-state index in [9.17, 15) is 47.1 Å². The first-order valence-corrected chi connectivity index (χ1v) is 37.0. The number of carbonyl (C=O) groups is 8. The van der Waals surface area contributed by atoms with E-state index in [0.29, 0.717) is 66.9 Å². The number of pyridine rings is 2. The van der Waals surface area contributed by atoms with Gasteiger partial charge >= 0.3 is 5.97 Å². The number of aromatic nitrogens is 8. The summed E-state index contributed by atoms with van der Waals surface area (Å²) in [5.74, 6) is 9.36. The van der Waals surface area contributed by atoms with Crippen LogP contribution in [0.25, 0.3) is 34.1 Å². The van der Waals surface area contributed by atoms with Crippen LogP contribution in [-0.2, 0) is 41.9 Å². The van der Waals surface area contributed by atoms with Gasteiger partial charge in [0.15, 0.2) is 11.3 Å². The molecular weight excluding hydrogens is 1420 g/mol. The number of piperidine rings is 2. The lowest BCUT2D eigenvalue weighted by molar-refractivity contribution is -0.138. The first-order chi connectivity index (χ1) is 54.0. The van der Waals surface area contributed by atoms with Gasteiger partial charge < -0.3 is 44.7 Å². The third-order valence-electron chi connectivity index (χ3n) is 21.3. The number of halogens is 2. The van der Waals surface area contributed by atoms with E-state index >= 15 is 0 Å². The minimum atomic E-state index is -1.25. The summed E-state index contributed by atoms with van der Waals surface area (Å²) >= 11 is 0. The van der Waals surface area contributed by atoms with Gasteiger partial charge in [0, 0.05) is 125 Å². The summed E-state index contributed by atoms with van der Waals surface area (Å²) in [5, 5.41) is 26.4. The highest BCUT2D eigenvalue weighted by atomic mass is 19.1. The number of carbonyl (C=O) groups excluding carboxylic acids is 7. The number of imide groups is 2. The highest BCUT2D eigenvalue weighted by Gasteiger charge is 2.41. The number of carboxylic acids is 1. The molecule has 111 heavy (non-hydrogen) atoms. The standard InChI is InChI=1S/C41H36FN9O4.C25H26FN7.C16H12N2O5/c42-29-5-1-4-27(23-29)32-7-3-17-49(32)37-14-13-35-43-24-34(51(35)46-37)31-6-2-8-36(44-31)47-18-20-48(21-19-47)39(53)16-10-26-9-11-28-25-50(41(55)30(28)22-26)33-12-15-38(52)45-40(33)54;26-19-5-1-4-18(16-19)21-7-3-13-32(21)25-10-9-23-28-17-22(33(23)30-25)20-6-2-8-24(29-20)31-14-11-27-12-15-31;19-13-5-4-12(15(22)17-13)18-8-10-3-1-9(2-6-14(20)21)7-11(10)16(18)23/h1-2,4-6,8-9,11,13-14,22-24,32-33H,3,7,12,15,17-21,25H2,(H,45,52,54);1-2,4-6,8-10,16-17,21,27H,3,7,11-15H2;1,3,7,12H,4-5,8H2,(H,20,21)(H,17,19,22)/t32-,33?;21-;/m11./s1. The molecule has 560 valence electrons. The van der Waals surface area contributed by atoms with Crippen molar-refractivity contribution >= 4 is 81.9 Å². The summed E-state index contributed by atoms with van der Waals surface area (Å²) in [6.45, 7) is 8.17. The van der Waals surface area contributed by atoms with Gasteiger partial charge in [-0.1, -0.05) is 60.4 Å². The molecule has 0 spiro atoms. The summed E-state index contributed by atoms with van der Waals surface area (Å²) in [5.41, 5.74) is 9.94. The van der Waals surface area contributed by atoms with Crippen LogP contribution in [0.3, 0.4) is 0 Å². The van der Waals surface area contributed by atoms with Gasteiger partial charge in [0.25, 0.3) is 17.7 Å². The van der Waals surface area contributed by atoms with Gasteiger partial charge in [0.2, 0.25) is 23.6 Å². The normalized spacial score (nSPS) is 19.5. The predicted octanol–water partition coefficient (Wildman–Crippen LogP) is 7.30. The first kappa shape index (κ1) is 71.9. The van der Waals surface area contributed by atoms with E-state index < -0.39 is 29.9 Å². The Hall–Kier alpha value is -13.3. The van der Waals surface area contributed by atoms with E-state index in [-0.39, 0.29) is 79.2 Å². The molecule has 4 atom stereocenters. The lowest BCUT2D eigenvalue weighted by atomic mass is 10.0. The predicted molar refractivity (Wildman–Crippen MR) is 404 cm³/mol. The molecule has 0 saturated carbocycles. The van der Waals surface area contributed by atoms with Crippen molar-refractivity contribution in [1.29, 1.82) is 0 Å². The van der Waals surface area contributed by atoms with Crippen LogP contribution in [0.1, 0.15) is 118 Å². The minimum absolute atomic E-state index is 0.0373. The number of piperazine rings is 2. The fourth-order valence-electron chi connectivity index (χ4n) is 15.7. The maximum absolute atomic E-state index is 14.1. The number of hydrogen-bond acceptors (Lipinski definition) is 19. The fraction of sp³-hybridized carbons (Fsp3) is 0.293. The van der Waals surface area contributed by atoms with Gasteiger partial charge in [-0.05, 0) is 158 Å². The van der Waals surface area contributed by atoms with Crippen LogP contribution in [0.2, 0.25) is 0 Å². The van der Waals surface area contributed by atoms with Crippen molar-refractivity contribution in [2.75, 3.05) is 85.0 Å². The smallest absolute Gasteiger partial charge is 0.382 e. The zero-order valence-corrected chi connectivity index (χ0v) is 60.1. The second-order valence-corrected chi connectivity index (χ2v) is 28.2. The molecule has 8 aliphatic rings. The van der Waals surface area contributed by atoms with Crippen LogP contribution in [0.4, 0.5) is 32.1 Å². The molecule has 2 unspecified atom stereocenters. The molecule has 18 rings (SSSR count). The summed E-state index contributed by atoms with van der Waals surface area (Å²) in [6.07, 6.45) is 8.52. The molecule has 29 heteroatoms. The molecule has 7 amide bonds. The second-order valence-electron chi connectivity index (χ2n) is 28.2. The number of nitrogens with one attached hydrogen (secondary N) is 3. The van der Waals surface area contributed by atoms with Crippen LogP contribution < -0.4 is 35.6 Å². The number of aliphatic carboxylic acids is 1. The molecule has 4 N–H and O–H groups in total. The minimum Gasteiger partial charge on any atom is -0.472 e. The molecule has 0 bridgehead atoms. The molecule has 8 aliphatic heterocycles. The van der Waals surface area contributed by atoms with Crippen LogP contribution in [0.15, 0.2) is 158 Å². The van der Waals surface area contributed by atoms with Crippen molar-refractivity contribution < 1.29 is 52.2 Å². The number of hydrogen-bond donors (Lipinski definition) is 4. The summed E-state index contributed by atoms with van der Waals surface area (Å²) in [7, 11) is 0. The Bertz CT molecular complexity index is 5540. The van der Waals surface area contributed by atoms with Crippen molar-refractivity contribution in [2.24, 2.45) is 0 Å². The molecule has 4 aromatic carbocycles. The highest BCUT2D eigenvalue weighted by Crippen LogP contribution is 2.39. The molecule has 0 radical (unpaired) electrons. The topological polar surface area (TPSA) is 302 Å². The zero-order chi connectivity index (χ0) is 76.4. The van der Waals surface area contributed by atoms with E-state index in [1.165, 1.54) is 28.0 Å². The summed E-state index contributed by atoms with van der Waals surface area (Å²) in [4.78, 5) is 129. The van der Waals surface area contributed by atoms with Gasteiger partial charge in [-0.3, -0.25) is 44.2 Å². The van der Waals surface area contributed by atoms with Gasteiger partial charge in [0.05, 0.1) is 35.9 Å². The number of benzene rings is 4.